The predicted octanol–water partition coefficient (Wildman–Crippen LogP) is 0.885. The number of aryl methyl sites for hydroxylation is 1. The zero-order chi connectivity index (χ0) is 8.97. The summed E-state index contributed by atoms with van der Waals surface area (Å²) in [5, 5.41) is 0. The summed E-state index contributed by atoms with van der Waals surface area (Å²) in [5.41, 5.74) is 5.28. The third-order valence-corrected chi connectivity index (χ3v) is 1.73. The van der Waals surface area contributed by atoms with Crippen molar-refractivity contribution in [2.24, 2.45) is 5.73 Å². The molecule has 0 aromatic carbocycles. The van der Waals surface area contributed by atoms with Gasteiger partial charge in [0, 0.05) is 12.7 Å². The van der Waals surface area contributed by atoms with Gasteiger partial charge in [0.25, 0.3) is 0 Å². The molecule has 0 radical (unpaired) electrons. The van der Waals surface area contributed by atoms with Gasteiger partial charge in [0.05, 0.1) is 4.47 Å². The molecule has 0 fully saturated rings. The number of hydrogen-bond donors (Lipinski definition) is 1. The molecule has 1 heterocycles. The van der Waals surface area contributed by atoms with E-state index in [2.05, 4.69) is 25.9 Å². The van der Waals surface area contributed by atoms with E-state index < -0.39 is 0 Å². The van der Waals surface area contributed by atoms with Gasteiger partial charge in [0.15, 0.2) is 0 Å². The third-order valence-electron chi connectivity index (χ3n) is 1.19. The van der Waals surface area contributed by atoms with Gasteiger partial charge in [0.2, 0.25) is 5.88 Å². The lowest BCUT2D eigenvalue weighted by molar-refractivity contribution is 0.312. The summed E-state index contributed by atoms with van der Waals surface area (Å²) < 4.78 is 6.00. The van der Waals surface area contributed by atoms with Crippen LogP contribution in [0.3, 0.4) is 0 Å². The van der Waals surface area contributed by atoms with Gasteiger partial charge >= 0.3 is 0 Å². The van der Waals surface area contributed by atoms with Crippen molar-refractivity contribution in [1.82, 2.24) is 9.97 Å². The van der Waals surface area contributed by atoms with Gasteiger partial charge in [0.1, 0.15) is 12.4 Å². The Kier molecular flexibility index (Phi) is 3.43. The molecule has 0 atom stereocenters. The molecule has 1 aromatic rings. The average molecular weight is 232 g/mol. The largest absolute Gasteiger partial charge is 0.475 e. The molecule has 0 saturated heterocycles. The fourth-order valence-corrected chi connectivity index (χ4v) is 0.997. The van der Waals surface area contributed by atoms with E-state index in [0.29, 0.717) is 24.9 Å². The molecule has 2 N–H and O–H groups in total. The van der Waals surface area contributed by atoms with E-state index in [1.807, 2.05) is 6.92 Å². The molecule has 4 nitrogen and oxygen atoms in total. The summed E-state index contributed by atoms with van der Waals surface area (Å²) in [6, 6.07) is 0. The van der Waals surface area contributed by atoms with Crippen molar-refractivity contribution in [1.29, 1.82) is 0 Å². The van der Waals surface area contributed by atoms with Crippen LogP contribution in [0.5, 0.6) is 5.88 Å². The maximum atomic E-state index is 5.28. The van der Waals surface area contributed by atoms with E-state index in [0.717, 1.165) is 4.47 Å². The van der Waals surface area contributed by atoms with E-state index in [1.54, 1.807) is 6.20 Å². The zero-order valence-corrected chi connectivity index (χ0v) is 8.34. The highest BCUT2D eigenvalue weighted by Gasteiger charge is 2.02. The summed E-state index contributed by atoms with van der Waals surface area (Å²) in [7, 11) is 0. The van der Waals surface area contributed by atoms with E-state index in [9.17, 15) is 0 Å². The molecule has 0 aliphatic heterocycles. The van der Waals surface area contributed by atoms with Crippen molar-refractivity contribution >= 4 is 15.9 Å². The number of halogens is 1. The van der Waals surface area contributed by atoms with E-state index in [1.165, 1.54) is 0 Å². The smallest absolute Gasteiger partial charge is 0.231 e. The number of aromatic nitrogens is 2. The molecular formula is C7H10BrN3O. The Morgan fingerprint density at radius 3 is 3.08 bits per heavy atom. The molecule has 0 saturated carbocycles. The molecule has 5 heteroatoms. The van der Waals surface area contributed by atoms with Crippen LogP contribution < -0.4 is 10.5 Å². The Hall–Kier alpha value is -0.680. The van der Waals surface area contributed by atoms with Gasteiger partial charge in [-0.3, -0.25) is 0 Å². The van der Waals surface area contributed by atoms with E-state index >= 15 is 0 Å². The van der Waals surface area contributed by atoms with Gasteiger partial charge in [-0.2, -0.15) is 4.98 Å². The topological polar surface area (TPSA) is 61.0 Å². The van der Waals surface area contributed by atoms with Crippen molar-refractivity contribution in [3.05, 3.63) is 16.5 Å². The standard InChI is InChI=1S/C7H10BrN3O/c1-5-10-4-6(8)7(11-5)12-3-2-9/h4H,2-3,9H2,1H3. The fourth-order valence-electron chi connectivity index (χ4n) is 0.691. The van der Waals surface area contributed by atoms with Crippen molar-refractivity contribution in [3.8, 4) is 5.88 Å². The third kappa shape index (κ3) is 2.42. The molecule has 12 heavy (non-hydrogen) atoms. The first-order valence-electron chi connectivity index (χ1n) is 3.56. The summed E-state index contributed by atoms with van der Waals surface area (Å²) >= 11 is 3.27. The molecule has 0 spiro atoms. The summed E-state index contributed by atoms with van der Waals surface area (Å²) in [6.45, 7) is 2.76. The van der Waals surface area contributed by atoms with E-state index in [-0.39, 0.29) is 0 Å². The highest BCUT2D eigenvalue weighted by atomic mass is 79.9. The van der Waals surface area contributed by atoms with Gasteiger partial charge in [-0.1, -0.05) is 0 Å². The van der Waals surface area contributed by atoms with Crippen LogP contribution in [-0.4, -0.2) is 23.1 Å². The summed E-state index contributed by atoms with van der Waals surface area (Å²) in [6.07, 6.45) is 1.66. The summed E-state index contributed by atoms with van der Waals surface area (Å²) in [5.74, 6) is 1.23. The second-order valence-corrected chi connectivity index (χ2v) is 3.06. The monoisotopic (exact) mass is 231 g/mol. The Bertz CT molecular complexity index is 267. The second-order valence-electron chi connectivity index (χ2n) is 2.21. The number of ether oxygens (including phenoxy) is 1. The van der Waals surface area contributed by atoms with Crippen LogP contribution in [0, 0.1) is 6.92 Å². The molecule has 0 unspecified atom stereocenters. The highest BCUT2D eigenvalue weighted by molar-refractivity contribution is 9.10. The number of nitrogens with two attached hydrogens (primary N) is 1. The van der Waals surface area contributed by atoms with Crippen LogP contribution in [0.25, 0.3) is 0 Å². The maximum Gasteiger partial charge on any atom is 0.231 e. The first-order chi connectivity index (χ1) is 5.74. The molecule has 66 valence electrons. The van der Waals surface area contributed by atoms with Crippen LogP contribution >= 0.6 is 15.9 Å². The summed E-state index contributed by atoms with van der Waals surface area (Å²) in [4.78, 5) is 8.05. The lowest BCUT2D eigenvalue weighted by Gasteiger charge is -2.04. The average Bonchev–Trinajstić information content (AvgIpc) is 2.07. The fraction of sp³-hybridized carbons (Fsp3) is 0.429. The maximum absolute atomic E-state index is 5.28. The molecule has 0 aliphatic carbocycles. The van der Waals surface area contributed by atoms with Crippen molar-refractivity contribution in [2.45, 2.75) is 6.92 Å². The molecule has 0 bridgehead atoms. The minimum atomic E-state index is 0.467. The SMILES string of the molecule is Cc1ncc(Br)c(OCCN)n1. The second kappa shape index (κ2) is 4.37. The predicted molar refractivity (Wildman–Crippen MR) is 49.0 cm³/mol. The lowest BCUT2D eigenvalue weighted by atomic mass is 10.6. The first-order valence-corrected chi connectivity index (χ1v) is 4.35. The Balaban J connectivity index is 2.75. The number of nitrogens with zero attached hydrogens (tertiary/aromatic N) is 2. The molecule has 0 aliphatic rings. The van der Waals surface area contributed by atoms with Gasteiger partial charge < -0.3 is 10.5 Å². The zero-order valence-electron chi connectivity index (χ0n) is 6.75. The van der Waals surface area contributed by atoms with Crippen LogP contribution in [0.2, 0.25) is 0 Å². The Labute approximate surface area is 79.3 Å². The minimum absolute atomic E-state index is 0.467. The molecule has 1 aromatic heterocycles. The molecule has 0 amide bonds. The van der Waals surface area contributed by atoms with Crippen LogP contribution in [-0.2, 0) is 0 Å². The highest BCUT2D eigenvalue weighted by Crippen LogP contribution is 2.20. The van der Waals surface area contributed by atoms with Crippen molar-refractivity contribution in [2.75, 3.05) is 13.2 Å². The Morgan fingerprint density at radius 1 is 1.67 bits per heavy atom. The minimum Gasteiger partial charge on any atom is -0.475 e. The van der Waals surface area contributed by atoms with Crippen LogP contribution in [0.15, 0.2) is 10.7 Å². The van der Waals surface area contributed by atoms with Crippen molar-refractivity contribution < 1.29 is 4.74 Å². The van der Waals surface area contributed by atoms with Gasteiger partial charge in [-0.15, -0.1) is 0 Å². The normalized spacial score (nSPS) is 9.92. The van der Waals surface area contributed by atoms with Crippen LogP contribution in [0.4, 0.5) is 0 Å². The first kappa shape index (κ1) is 9.41. The quantitative estimate of drug-likeness (QED) is 0.840. The number of hydrogen-bond acceptors (Lipinski definition) is 4. The lowest BCUT2D eigenvalue weighted by Crippen LogP contribution is -2.11. The van der Waals surface area contributed by atoms with Crippen molar-refractivity contribution in [3.63, 3.8) is 0 Å². The van der Waals surface area contributed by atoms with Crippen LogP contribution in [0.1, 0.15) is 5.82 Å². The Morgan fingerprint density at radius 2 is 2.42 bits per heavy atom. The van der Waals surface area contributed by atoms with E-state index in [4.69, 9.17) is 10.5 Å². The molecular weight excluding hydrogens is 222 g/mol. The molecule has 1 rings (SSSR count). The van der Waals surface area contributed by atoms with Gasteiger partial charge in [-0.05, 0) is 22.9 Å². The van der Waals surface area contributed by atoms with Gasteiger partial charge in [-0.25, -0.2) is 4.98 Å². The number of rotatable bonds is 3.